The SMILES string of the molecule is O=C1NC(c2ccc(C(F)(F)F)cc2)Nc2ncc([N+](=O)[O-])cc21. The molecule has 1 aliphatic heterocycles. The fraction of sp³-hybridized carbons (Fsp3) is 0.143. The Kier molecular flexibility index (Phi) is 3.59. The summed E-state index contributed by atoms with van der Waals surface area (Å²) in [5.74, 6) is -0.487. The van der Waals surface area contributed by atoms with Gasteiger partial charge in [0.05, 0.1) is 16.1 Å². The monoisotopic (exact) mass is 338 g/mol. The first-order chi connectivity index (χ1) is 11.3. The van der Waals surface area contributed by atoms with E-state index in [-0.39, 0.29) is 17.1 Å². The van der Waals surface area contributed by atoms with Crippen molar-refractivity contribution in [3.63, 3.8) is 0 Å². The summed E-state index contributed by atoms with van der Waals surface area (Å²) in [4.78, 5) is 25.9. The number of benzene rings is 1. The fourth-order valence-electron chi connectivity index (χ4n) is 2.25. The number of hydrogen-bond acceptors (Lipinski definition) is 5. The average molecular weight is 338 g/mol. The van der Waals surface area contributed by atoms with Crippen LogP contribution >= 0.6 is 0 Å². The van der Waals surface area contributed by atoms with Crippen LogP contribution in [0.25, 0.3) is 0 Å². The molecule has 1 aliphatic rings. The van der Waals surface area contributed by atoms with Gasteiger partial charge in [0.1, 0.15) is 18.2 Å². The highest BCUT2D eigenvalue weighted by Crippen LogP contribution is 2.31. The summed E-state index contributed by atoms with van der Waals surface area (Å²) in [5, 5.41) is 16.1. The van der Waals surface area contributed by atoms with Crippen LogP contribution in [0, 0.1) is 10.1 Å². The molecule has 2 heterocycles. The van der Waals surface area contributed by atoms with Crippen LogP contribution in [0.4, 0.5) is 24.7 Å². The number of hydrogen-bond donors (Lipinski definition) is 2. The van der Waals surface area contributed by atoms with Gasteiger partial charge in [-0.1, -0.05) is 12.1 Å². The van der Waals surface area contributed by atoms with Crippen LogP contribution in [0.5, 0.6) is 0 Å². The van der Waals surface area contributed by atoms with E-state index >= 15 is 0 Å². The third-order valence-electron chi connectivity index (χ3n) is 3.46. The number of fused-ring (bicyclic) bond motifs is 1. The van der Waals surface area contributed by atoms with Crippen LogP contribution in [0.15, 0.2) is 36.5 Å². The molecule has 1 amide bonds. The number of pyridine rings is 1. The zero-order valence-corrected chi connectivity index (χ0v) is 11.8. The maximum Gasteiger partial charge on any atom is 0.416 e. The molecule has 0 saturated carbocycles. The van der Waals surface area contributed by atoms with E-state index in [0.717, 1.165) is 24.4 Å². The second-order valence-electron chi connectivity index (χ2n) is 5.02. The van der Waals surface area contributed by atoms with Crippen LogP contribution in [-0.2, 0) is 6.18 Å². The molecule has 0 radical (unpaired) electrons. The Bertz CT molecular complexity index is 821. The highest BCUT2D eigenvalue weighted by Gasteiger charge is 2.31. The number of anilines is 1. The van der Waals surface area contributed by atoms with Crippen LogP contribution in [0.1, 0.15) is 27.7 Å². The Morgan fingerprint density at radius 2 is 1.83 bits per heavy atom. The molecule has 0 spiro atoms. The highest BCUT2D eigenvalue weighted by atomic mass is 19.4. The minimum absolute atomic E-state index is 0.00707. The van der Waals surface area contributed by atoms with E-state index in [2.05, 4.69) is 15.6 Å². The van der Waals surface area contributed by atoms with Crippen molar-refractivity contribution in [1.82, 2.24) is 10.3 Å². The zero-order chi connectivity index (χ0) is 17.5. The number of nitro groups is 1. The highest BCUT2D eigenvalue weighted by molar-refractivity contribution is 6.01. The van der Waals surface area contributed by atoms with Gasteiger partial charge in [0.25, 0.3) is 11.6 Å². The lowest BCUT2D eigenvalue weighted by Gasteiger charge is -2.27. The molecule has 1 aromatic heterocycles. The summed E-state index contributed by atoms with van der Waals surface area (Å²) in [6, 6.07) is 5.35. The summed E-state index contributed by atoms with van der Waals surface area (Å²) in [6.45, 7) is 0. The van der Waals surface area contributed by atoms with Gasteiger partial charge in [0, 0.05) is 6.07 Å². The van der Waals surface area contributed by atoms with Gasteiger partial charge in [0.15, 0.2) is 0 Å². The van der Waals surface area contributed by atoms with Gasteiger partial charge in [0.2, 0.25) is 0 Å². The first-order valence-electron chi connectivity index (χ1n) is 6.65. The molecule has 2 N–H and O–H groups in total. The van der Waals surface area contributed by atoms with Crippen molar-refractivity contribution in [1.29, 1.82) is 0 Å². The lowest BCUT2D eigenvalue weighted by atomic mass is 10.1. The zero-order valence-electron chi connectivity index (χ0n) is 11.8. The quantitative estimate of drug-likeness (QED) is 0.648. The van der Waals surface area contributed by atoms with Gasteiger partial charge >= 0.3 is 6.18 Å². The number of carbonyl (C=O) groups is 1. The van der Waals surface area contributed by atoms with Gasteiger partial charge in [-0.25, -0.2) is 4.98 Å². The second-order valence-corrected chi connectivity index (χ2v) is 5.02. The van der Waals surface area contributed by atoms with Gasteiger partial charge in [-0.15, -0.1) is 0 Å². The minimum Gasteiger partial charge on any atom is -0.346 e. The van der Waals surface area contributed by atoms with Crippen molar-refractivity contribution >= 4 is 17.4 Å². The third kappa shape index (κ3) is 2.85. The van der Waals surface area contributed by atoms with Crippen molar-refractivity contribution in [2.24, 2.45) is 0 Å². The number of alkyl halides is 3. The number of nitrogens with zero attached hydrogens (tertiary/aromatic N) is 2. The Morgan fingerprint density at radius 1 is 1.17 bits per heavy atom. The fourth-order valence-corrected chi connectivity index (χ4v) is 2.25. The molecular formula is C14H9F3N4O3. The standard InChI is InChI=1S/C14H9F3N4O3/c15-14(16,17)8-3-1-7(2-4-8)11-19-12-10(13(22)20-11)5-9(6-18-12)21(23)24/h1-6,11H,(H,18,19)(H,20,22). The molecule has 10 heteroatoms. The van der Waals surface area contributed by atoms with Crippen molar-refractivity contribution in [3.8, 4) is 0 Å². The largest absolute Gasteiger partial charge is 0.416 e. The molecule has 3 rings (SSSR count). The summed E-state index contributed by atoms with van der Waals surface area (Å²) in [7, 11) is 0. The van der Waals surface area contributed by atoms with Gasteiger partial charge in [-0.05, 0) is 17.7 Å². The molecule has 0 bridgehead atoms. The summed E-state index contributed by atoms with van der Waals surface area (Å²) >= 11 is 0. The molecule has 2 aromatic rings. The molecule has 1 unspecified atom stereocenters. The first kappa shape index (κ1) is 15.7. The van der Waals surface area contributed by atoms with Crippen LogP contribution in [0.3, 0.4) is 0 Å². The Labute approximate surface area is 132 Å². The van der Waals surface area contributed by atoms with Crippen LogP contribution in [0.2, 0.25) is 0 Å². The summed E-state index contributed by atoms with van der Waals surface area (Å²) < 4.78 is 37.7. The Hall–Kier alpha value is -3.17. The number of aromatic nitrogens is 1. The first-order valence-corrected chi connectivity index (χ1v) is 6.65. The Morgan fingerprint density at radius 3 is 2.42 bits per heavy atom. The normalized spacial score (nSPS) is 16.8. The van der Waals surface area contributed by atoms with E-state index in [9.17, 15) is 28.1 Å². The number of nitrogens with one attached hydrogen (secondary N) is 2. The lowest BCUT2D eigenvalue weighted by Crippen LogP contribution is -2.39. The van der Waals surface area contributed by atoms with Crippen molar-refractivity contribution in [2.45, 2.75) is 12.3 Å². The van der Waals surface area contributed by atoms with Crippen LogP contribution < -0.4 is 10.6 Å². The van der Waals surface area contributed by atoms with E-state index in [1.165, 1.54) is 12.1 Å². The molecule has 1 aromatic carbocycles. The van der Waals surface area contributed by atoms with Gasteiger partial charge in [-0.2, -0.15) is 13.2 Å². The van der Waals surface area contributed by atoms with E-state index in [4.69, 9.17) is 0 Å². The van der Waals surface area contributed by atoms with E-state index in [1.807, 2.05) is 0 Å². The lowest BCUT2D eigenvalue weighted by molar-refractivity contribution is -0.385. The molecule has 1 atom stereocenters. The molecule has 0 fully saturated rings. The molecule has 0 saturated heterocycles. The van der Waals surface area contributed by atoms with Crippen LogP contribution in [-0.4, -0.2) is 15.8 Å². The smallest absolute Gasteiger partial charge is 0.346 e. The van der Waals surface area contributed by atoms with Crippen molar-refractivity contribution in [2.75, 3.05) is 5.32 Å². The van der Waals surface area contributed by atoms with Crippen molar-refractivity contribution < 1.29 is 22.9 Å². The van der Waals surface area contributed by atoms with Gasteiger partial charge in [-0.3, -0.25) is 14.9 Å². The number of carbonyl (C=O) groups excluding carboxylic acids is 1. The topological polar surface area (TPSA) is 97.2 Å². The Balaban J connectivity index is 1.88. The number of rotatable bonds is 2. The van der Waals surface area contributed by atoms with Crippen molar-refractivity contribution in [3.05, 3.63) is 63.3 Å². The van der Waals surface area contributed by atoms with E-state index < -0.39 is 28.7 Å². The predicted molar refractivity (Wildman–Crippen MR) is 76.2 cm³/mol. The minimum atomic E-state index is -4.45. The molecule has 0 aliphatic carbocycles. The van der Waals surface area contributed by atoms with E-state index in [1.54, 1.807) is 0 Å². The summed E-state index contributed by atoms with van der Waals surface area (Å²) in [5.41, 5.74) is -0.754. The number of halogens is 3. The molecule has 7 nitrogen and oxygen atoms in total. The maximum atomic E-state index is 12.6. The molecule has 24 heavy (non-hydrogen) atoms. The molecule has 124 valence electrons. The predicted octanol–water partition coefficient (Wildman–Crippen LogP) is 2.86. The van der Waals surface area contributed by atoms with E-state index in [0.29, 0.717) is 5.56 Å². The summed E-state index contributed by atoms with van der Waals surface area (Å²) in [6.07, 6.45) is -4.25. The third-order valence-corrected chi connectivity index (χ3v) is 3.46. The van der Waals surface area contributed by atoms with Gasteiger partial charge < -0.3 is 10.6 Å². The number of amides is 1. The molecular weight excluding hydrogens is 329 g/mol. The second kappa shape index (κ2) is 5.48. The average Bonchev–Trinajstić information content (AvgIpc) is 2.53. The maximum absolute atomic E-state index is 12.6.